The molecule has 13 atom stereocenters. The van der Waals surface area contributed by atoms with E-state index in [1.807, 2.05) is 19.1 Å². The van der Waals surface area contributed by atoms with Gasteiger partial charge in [0.2, 0.25) is 0 Å². The number of fused-ring (bicyclic) bond motifs is 2. The Morgan fingerprint density at radius 3 is 2.46 bits per heavy atom. The molecule has 13 unspecified atom stereocenters. The topological polar surface area (TPSA) is 126 Å². The Morgan fingerprint density at radius 2 is 1.86 bits per heavy atom. The third-order valence-electron chi connectivity index (χ3n) is 10.9. The molecule has 5 aliphatic carbocycles. The van der Waals surface area contributed by atoms with E-state index in [-0.39, 0.29) is 18.3 Å². The van der Waals surface area contributed by atoms with Gasteiger partial charge in [-0.2, -0.15) is 0 Å². The van der Waals surface area contributed by atoms with Crippen molar-refractivity contribution in [3.05, 3.63) is 12.2 Å². The maximum Gasteiger partial charge on any atom is 0.303 e. The fraction of sp³-hybridized carbons (Fsp3) is 0.846. The van der Waals surface area contributed by atoms with Crippen molar-refractivity contribution in [3.8, 4) is 0 Å². The highest BCUT2D eigenvalue weighted by atomic mass is 16.6. The maximum atomic E-state index is 12.9. The van der Waals surface area contributed by atoms with Gasteiger partial charge in [-0.3, -0.25) is 14.5 Å². The number of piperidine rings is 1. The molecule has 6 aliphatic rings. The molecule has 3 N–H and O–H groups in total. The molecule has 1 heterocycles. The molecule has 1 saturated heterocycles. The van der Waals surface area contributed by atoms with Crippen LogP contribution in [0.1, 0.15) is 40.5 Å². The van der Waals surface area contributed by atoms with Crippen molar-refractivity contribution in [1.82, 2.24) is 4.90 Å². The lowest BCUT2D eigenvalue weighted by atomic mass is 9.44. The molecule has 4 saturated carbocycles. The van der Waals surface area contributed by atoms with Crippen LogP contribution >= 0.6 is 0 Å². The molecule has 0 aromatic rings. The number of likely N-dealkylation sites (tertiary alicyclic amines) is 1. The first-order valence-electron chi connectivity index (χ1n) is 12.8. The molecule has 9 nitrogen and oxygen atoms in total. The van der Waals surface area contributed by atoms with Gasteiger partial charge in [0.05, 0.1) is 18.2 Å². The first kappa shape index (κ1) is 23.9. The zero-order valence-corrected chi connectivity index (χ0v) is 21.0. The molecule has 1 spiro atoms. The van der Waals surface area contributed by atoms with E-state index in [0.29, 0.717) is 19.5 Å². The predicted molar refractivity (Wildman–Crippen MR) is 122 cm³/mol. The smallest absolute Gasteiger partial charge is 0.303 e. The summed E-state index contributed by atoms with van der Waals surface area (Å²) in [7, 11) is 1.57. The van der Waals surface area contributed by atoms with Gasteiger partial charge >= 0.3 is 11.9 Å². The minimum absolute atomic E-state index is 0.137. The van der Waals surface area contributed by atoms with Gasteiger partial charge < -0.3 is 29.5 Å². The lowest BCUT2D eigenvalue weighted by Crippen LogP contribution is -2.81. The Balaban J connectivity index is 1.67. The number of aliphatic hydroxyl groups excluding tert-OH is 1. The van der Waals surface area contributed by atoms with Crippen LogP contribution in [0.5, 0.6) is 0 Å². The van der Waals surface area contributed by atoms with Crippen LogP contribution in [0.25, 0.3) is 0 Å². The second-order valence-corrected chi connectivity index (χ2v) is 12.1. The summed E-state index contributed by atoms with van der Waals surface area (Å²) < 4.78 is 17.7. The van der Waals surface area contributed by atoms with Gasteiger partial charge in [0, 0.05) is 62.5 Å². The van der Waals surface area contributed by atoms with Gasteiger partial charge in [-0.25, -0.2) is 0 Å². The van der Waals surface area contributed by atoms with Crippen molar-refractivity contribution in [2.24, 2.45) is 34.5 Å². The molecule has 0 aromatic heterocycles. The van der Waals surface area contributed by atoms with E-state index in [4.69, 9.17) is 14.2 Å². The number of hydrogen-bond donors (Lipinski definition) is 3. The van der Waals surface area contributed by atoms with Gasteiger partial charge in [-0.05, 0) is 18.9 Å². The maximum absolute atomic E-state index is 12.9. The molecule has 7 bridgehead atoms. The molecule has 0 amide bonds. The summed E-state index contributed by atoms with van der Waals surface area (Å²) in [6, 6.07) is -0.638. The highest BCUT2D eigenvalue weighted by molar-refractivity contribution is 5.67. The fourth-order valence-electron chi connectivity index (χ4n) is 10.3. The quantitative estimate of drug-likeness (QED) is 0.375. The zero-order chi connectivity index (χ0) is 25.3. The number of methoxy groups -OCH3 is 1. The largest absolute Gasteiger partial charge is 0.462 e. The van der Waals surface area contributed by atoms with Crippen LogP contribution in [-0.4, -0.2) is 94.0 Å². The molecule has 0 radical (unpaired) electrons. The Hall–Kier alpha value is -1.52. The molecular formula is C26H37NO8. The van der Waals surface area contributed by atoms with E-state index in [9.17, 15) is 24.9 Å². The number of likely N-dealkylation sites (N-methyl/N-ethyl adjacent to an activating group) is 1. The van der Waals surface area contributed by atoms with Crippen LogP contribution < -0.4 is 0 Å². The summed E-state index contributed by atoms with van der Waals surface area (Å²) in [5, 5.41) is 37.5. The number of nitrogens with zero attached hydrogens (tertiary/aromatic N) is 1. The van der Waals surface area contributed by atoms with Crippen molar-refractivity contribution in [2.45, 2.75) is 82.2 Å². The second kappa shape index (κ2) is 7.07. The van der Waals surface area contributed by atoms with Gasteiger partial charge in [0.1, 0.15) is 23.4 Å². The Labute approximate surface area is 205 Å². The van der Waals surface area contributed by atoms with Crippen LogP contribution in [0.3, 0.4) is 0 Å². The number of esters is 2. The minimum atomic E-state index is -1.89. The van der Waals surface area contributed by atoms with Crippen molar-refractivity contribution in [2.75, 3.05) is 20.2 Å². The highest BCUT2D eigenvalue weighted by Gasteiger charge is 2.91. The molecular weight excluding hydrogens is 454 g/mol. The van der Waals surface area contributed by atoms with Crippen LogP contribution in [0, 0.1) is 34.5 Å². The summed E-state index contributed by atoms with van der Waals surface area (Å²) in [6.45, 7) is 7.98. The Morgan fingerprint density at radius 1 is 1.17 bits per heavy atom. The van der Waals surface area contributed by atoms with E-state index in [2.05, 4.69) is 11.8 Å². The lowest BCUT2D eigenvalue weighted by Gasteiger charge is -2.68. The van der Waals surface area contributed by atoms with Crippen molar-refractivity contribution in [1.29, 1.82) is 0 Å². The Bertz CT molecular complexity index is 1000. The van der Waals surface area contributed by atoms with Gasteiger partial charge in [-0.15, -0.1) is 0 Å². The van der Waals surface area contributed by atoms with E-state index >= 15 is 0 Å². The number of hydrogen-bond acceptors (Lipinski definition) is 9. The molecule has 194 valence electrons. The van der Waals surface area contributed by atoms with Crippen LogP contribution in [-0.2, 0) is 23.8 Å². The van der Waals surface area contributed by atoms with Crippen molar-refractivity contribution >= 4 is 11.9 Å². The summed E-state index contributed by atoms with van der Waals surface area (Å²) >= 11 is 0. The first-order valence-corrected chi connectivity index (χ1v) is 12.8. The van der Waals surface area contributed by atoms with E-state index in [1.165, 1.54) is 13.8 Å². The average Bonchev–Trinajstić information content (AvgIpc) is 3.17. The highest BCUT2D eigenvalue weighted by Crippen LogP contribution is 2.79. The van der Waals surface area contributed by atoms with Crippen molar-refractivity contribution in [3.63, 3.8) is 0 Å². The fourth-order valence-corrected chi connectivity index (χ4v) is 10.3. The van der Waals surface area contributed by atoms with Crippen LogP contribution in [0.4, 0.5) is 0 Å². The van der Waals surface area contributed by atoms with Gasteiger partial charge in [-0.1, -0.05) is 26.0 Å². The molecule has 9 heteroatoms. The van der Waals surface area contributed by atoms with Gasteiger partial charge in [0.25, 0.3) is 0 Å². The lowest BCUT2D eigenvalue weighted by molar-refractivity contribution is -0.309. The number of ether oxygens (including phenoxy) is 3. The third-order valence-corrected chi connectivity index (χ3v) is 10.9. The molecule has 35 heavy (non-hydrogen) atoms. The molecule has 6 rings (SSSR count). The molecule has 1 aliphatic heterocycles. The summed E-state index contributed by atoms with van der Waals surface area (Å²) in [4.78, 5) is 26.8. The molecule has 5 fully saturated rings. The third kappa shape index (κ3) is 2.43. The number of carbonyl (C=O) groups excluding carboxylic acids is 2. The summed E-state index contributed by atoms with van der Waals surface area (Å²) in [6.07, 6.45) is 1.47. The van der Waals surface area contributed by atoms with Crippen LogP contribution in [0.2, 0.25) is 0 Å². The predicted octanol–water partition coefficient (Wildman–Crippen LogP) is 0.254. The minimum Gasteiger partial charge on any atom is -0.462 e. The monoisotopic (exact) mass is 491 g/mol. The average molecular weight is 492 g/mol. The zero-order valence-electron chi connectivity index (χ0n) is 21.0. The summed E-state index contributed by atoms with van der Waals surface area (Å²) in [5.41, 5.74) is -5.03. The SMILES string of the molecule is CCN1CC2(C)C=CC(O)C34C5CC6C(OC)CC(O)(C5C6OC(C)=O)C(O)(C(OC(C)=O)C23)C14. The standard InChI is InChI=1S/C26H37NO8/c1-6-27-11-23(4)8-7-17(30)25-15-9-14-16(33-5)10-24(31,18(15)19(14)34-12(2)28)26(32,22(25)27)21(20(23)25)35-13(3)29/h7-8,14-22,30-32H,6,9-11H2,1-5H3. The van der Waals surface area contributed by atoms with E-state index in [1.54, 1.807) is 7.11 Å². The first-order chi connectivity index (χ1) is 16.4. The van der Waals surface area contributed by atoms with E-state index in [0.717, 1.165) is 0 Å². The van der Waals surface area contributed by atoms with Gasteiger partial charge in [0.15, 0.2) is 0 Å². The normalized spacial score (nSPS) is 57.2. The molecule has 0 aromatic carbocycles. The number of carbonyl (C=O) groups is 2. The summed E-state index contributed by atoms with van der Waals surface area (Å²) in [5.74, 6) is -2.45. The van der Waals surface area contributed by atoms with Crippen molar-refractivity contribution < 1.29 is 39.1 Å². The number of aliphatic hydroxyl groups is 3. The van der Waals surface area contributed by atoms with Crippen LogP contribution in [0.15, 0.2) is 12.2 Å². The second-order valence-electron chi connectivity index (χ2n) is 12.1. The van der Waals surface area contributed by atoms with E-state index < -0.39 is 76.3 Å². The number of rotatable bonds is 4. The Kier molecular flexibility index (Phi) is 4.82.